The van der Waals surface area contributed by atoms with Crippen molar-refractivity contribution in [1.82, 2.24) is 0 Å². The van der Waals surface area contributed by atoms with Crippen LogP contribution in [0.2, 0.25) is 0 Å². The number of carbonyl (C=O) groups is 2. The van der Waals surface area contributed by atoms with Gasteiger partial charge in [-0.3, -0.25) is 4.79 Å². The van der Waals surface area contributed by atoms with Crippen molar-refractivity contribution in [3.05, 3.63) is 57.2 Å². The maximum absolute atomic E-state index is 11.9. The summed E-state index contributed by atoms with van der Waals surface area (Å²) >= 11 is 0. The van der Waals surface area contributed by atoms with Crippen LogP contribution in [0, 0.1) is 0 Å². The van der Waals surface area contributed by atoms with Crippen LogP contribution in [0.25, 0.3) is 0 Å². The van der Waals surface area contributed by atoms with Crippen molar-refractivity contribution in [1.29, 1.82) is 0 Å². The standard InChI is InChI=1S/C18H20O3/c1-10-6-15(9-16(13(10)4)18(20)21-5)14-7-11(2)17(19)12(3)8-14/h7-9H,6H2,1-5H3. The van der Waals surface area contributed by atoms with E-state index in [1.165, 1.54) is 7.11 Å². The van der Waals surface area contributed by atoms with Crippen molar-refractivity contribution in [2.24, 2.45) is 0 Å². The molecule has 0 bridgehead atoms. The Morgan fingerprint density at radius 1 is 1.05 bits per heavy atom. The lowest BCUT2D eigenvalue weighted by atomic mass is 9.84. The van der Waals surface area contributed by atoms with Gasteiger partial charge in [0.15, 0.2) is 5.78 Å². The van der Waals surface area contributed by atoms with E-state index in [2.05, 4.69) is 0 Å². The summed E-state index contributed by atoms with van der Waals surface area (Å²) in [6.45, 7) is 7.60. The van der Waals surface area contributed by atoms with E-state index in [0.29, 0.717) is 5.57 Å². The van der Waals surface area contributed by atoms with Gasteiger partial charge in [0, 0.05) is 0 Å². The number of carbonyl (C=O) groups excluding carboxylic acids is 2. The van der Waals surface area contributed by atoms with Gasteiger partial charge in [-0.25, -0.2) is 4.79 Å². The molecule has 110 valence electrons. The fourth-order valence-corrected chi connectivity index (χ4v) is 2.62. The van der Waals surface area contributed by atoms with Gasteiger partial charge in [-0.15, -0.1) is 0 Å². The summed E-state index contributed by atoms with van der Waals surface area (Å²) in [6, 6.07) is 0. The Morgan fingerprint density at radius 2 is 1.62 bits per heavy atom. The first-order valence-corrected chi connectivity index (χ1v) is 6.96. The van der Waals surface area contributed by atoms with Crippen molar-refractivity contribution in [3.8, 4) is 0 Å². The average molecular weight is 284 g/mol. The van der Waals surface area contributed by atoms with Crippen LogP contribution in [0.5, 0.6) is 0 Å². The molecule has 2 rings (SSSR count). The number of allylic oxidation sites excluding steroid dienone is 8. The number of hydrogen-bond donors (Lipinski definition) is 0. The number of Topliss-reactive ketones (excluding diaryl/α,β-unsaturated/α-hetero) is 1. The summed E-state index contributed by atoms with van der Waals surface area (Å²) in [6.07, 6.45) is 6.45. The zero-order chi connectivity index (χ0) is 15.7. The molecular formula is C18H20O3. The minimum atomic E-state index is -0.321. The maximum Gasteiger partial charge on any atom is 0.338 e. The first-order chi connectivity index (χ1) is 9.85. The third kappa shape index (κ3) is 2.82. The minimum Gasteiger partial charge on any atom is -0.465 e. The largest absolute Gasteiger partial charge is 0.465 e. The summed E-state index contributed by atoms with van der Waals surface area (Å²) in [4.78, 5) is 23.7. The molecule has 3 heteroatoms. The van der Waals surface area contributed by atoms with Crippen LogP contribution in [0.4, 0.5) is 0 Å². The zero-order valence-corrected chi connectivity index (χ0v) is 13.2. The van der Waals surface area contributed by atoms with Gasteiger partial charge in [0.2, 0.25) is 0 Å². The quantitative estimate of drug-likeness (QED) is 0.691. The van der Waals surface area contributed by atoms with E-state index in [0.717, 1.165) is 39.9 Å². The molecule has 0 aromatic rings. The second-order valence-electron chi connectivity index (χ2n) is 5.60. The van der Waals surface area contributed by atoms with E-state index >= 15 is 0 Å². The van der Waals surface area contributed by atoms with Gasteiger partial charge < -0.3 is 4.74 Å². The van der Waals surface area contributed by atoms with E-state index in [-0.39, 0.29) is 11.8 Å². The van der Waals surface area contributed by atoms with Crippen molar-refractivity contribution >= 4 is 11.8 Å². The molecule has 0 radical (unpaired) electrons. The predicted octanol–water partition coefficient (Wildman–Crippen LogP) is 3.60. The van der Waals surface area contributed by atoms with Crippen molar-refractivity contribution in [3.63, 3.8) is 0 Å². The molecule has 0 N–H and O–H groups in total. The highest BCUT2D eigenvalue weighted by molar-refractivity contribution is 6.09. The van der Waals surface area contributed by atoms with Crippen molar-refractivity contribution in [2.45, 2.75) is 34.1 Å². The first kappa shape index (κ1) is 15.2. The summed E-state index contributed by atoms with van der Waals surface area (Å²) in [5, 5.41) is 0. The lowest BCUT2D eigenvalue weighted by molar-refractivity contribution is -0.135. The first-order valence-electron chi connectivity index (χ1n) is 6.96. The van der Waals surface area contributed by atoms with Gasteiger partial charge >= 0.3 is 5.97 Å². The SMILES string of the molecule is COC(=O)C1=CC(=C2C=C(C)C(=O)C(C)=C2)CC(C)=C1C. The lowest BCUT2D eigenvalue weighted by Gasteiger charge is -2.20. The van der Waals surface area contributed by atoms with Crippen molar-refractivity contribution in [2.75, 3.05) is 7.11 Å². The van der Waals surface area contributed by atoms with Crippen molar-refractivity contribution < 1.29 is 14.3 Å². The molecule has 0 aliphatic heterocycles. The highest BCUT2D eigenvalue weighted by Crippen LogP contribution is 2.33. The Balaban J connectivity index is 2.56. The van der Waals surface area contributed by atoms with Gasteiger partial charge in [0.05, 0.1) is 12.7 Å². The van der Waals surface area contributed by atoms with E-state index in [1.54, 1.807) is 0 Å². The number of rotatable bonds is 1. The number of hydrogen-bond acceptors (Lipinski definition) is 3. The summed E-state index contributed by atoms with van der Waals surface area (Å²) in [5.41, 5.74) is 6.22. The fourth-order valence-electron chi connectivity index (χ4n) is 2.62. The summed E-state index contributed by atoms with van der Waals surface area (Å²) in [5.74, 6) is -0.242. The molecule has 0 atom stereocenters. The summed E-state index contributed by atoms with van der Waals surface area (Å²) < 4.78 is 4.85. The molecule has 21 heavy (non-hydrogen) atoms. The molecular weight excluding hydrogens is 264 g/mol. The molecule has 0 spiro atoms. The van der Waals surface area contributed by atoms with Gasteiger partial charge in [0.25, 0.3) is 0 Å². The normalized spacial score (nSPS) is 19.3. The predicted molar refractivity (Wildman–Crippen MR) is 82.6 cm³/mol. The molecule has 0 aromatic carbocycles. The van der Waals surface area contributed by atoms with Crippen LogP contribution >= 0.6 is 0 Å². The van der Waals surface area contributed by atoms with Gasteiger partial charge in [0.1, 0.15) is 0 Å². The second kappa shape index (κ2) is 5.68. The number of ketones is 1. The lowest BCUT2D eigenvalue weighted by Crippen LogP contribution is -2.12. The number of methoxy groups -OCH3 is 1. The van der Waals surface area contributed by atoms with E-state index in [9.17, 15) is 9.59 Å². The summed E-state index contributed by atoms with van der Waals surface area (Å²) in [7, 11) is 1.39. The number of esters is 1. The van der Waals surface area contributed by atoms with Gasteiger partial charge in [-0.2, -0.15) is 0 Å². The molecule has 2 aliphatic carbocycles. The second-order valence-corrected chi connectivity index (χ2v) is 5.60. The molecule has 0 heterocycles. The molecule has 0 saturated carbocycles. The topological polar surface area (TPSA) is 43.4 Å². The molecule has 0 saturated heterocycles. The third-order valence-corrected chi connectivity index (χ3v) is 4.05. The Labute approximate surface area is 125 Å². The molecule has 0 fully saturated rings. The highest BCUT2D eigenvalue weighted by atomic mass is 16.5. The smallest absolute Gasteiger partial charge is 0.338 e. The van der Waals surface area contributed by atoms with E-state index < -0.39 is 0 Å². The highest BCUT2D eigenvalue weighted by Gasteiger charge is 2.22. The molecule has 0 unspecified atom stereocenters. The Bertz CT molecular complexity index is 655. The Morgan fingerprint density at radius 3 is 2.14 bits per heavy atom. The zero-order valence-electron chi connectivity index (χ0n) is 13.2. The van der Waals surface area contributed by atoms with Crippen LogP contribution in [0.1, 0.15) is 34.1 Å². The van der Waals surface area contributed by atoms with E-state index in [1.807, 2.05) is 45.9 Å². The van der Waals surface area contributed by atoms with Crippen LogP contribution in [-0.2, 0) is 14.3 Å². The monoisotopic (exact) mass is 284 g/mol. The van der Waals surface area contributed by atoms with Gasteiger partial charge in [-0.05, 0) is 80.2 Å². The average Bonchev–Trinajstić information content (AvgIpc) is 2.46. The van der Waals surface area contributed by atoms with Gasteiger partial charge in [-0.1, -0.05) is 5.57 Å². The molecule has 0 aromatic heterocycles. The minimum absolute atomic E-state index is 0.0794. The van der Waals surface area contributed by atoms with E-state index in [4.69, 9.17) is 4.74 Å². The molecule has 3 nitrogen and oxygen atoms in total. The molecule has 2 aliphatic rings. The third-order valence-electron chi connectivity index (χ3n) is 4.05. The number of ether oxygens (including phenoxy) is 1. The van der Waals surface area contributed by atoms with Crippen LogP contribution in [-0.4, -0.2) is 18.9 Å². The maximum atomic E-state index is 11.9. The van der Waals surface area contributed by atoms with Crippen LogP contribution < -0.4 is 0 Å². The fraction of sp³-hybridized carbons (Fsp3) is 0.333. The van der Waals surface area contributed by atoms with Crippen LogP contribution in [0.15, 0.2) is 57.2 Å². The molecule has 0 amide bonds. The Kier molecular flexibility index (Phi) is 4.12. The Hall–Kier alpha value is -2.16. The van der Waals surface area contributed by atoms with Crippen LogP contribution in [0.3, 0.4) is 0 Å².